The lowest BCUT2D eigenvalue weighted by molar-refractivity contribution is -0.0588. The zero-order chi connectivity index (χ0) is 21.7. The number of benzene rings is 2. The molecule has 0 radical (unpaired) electrons. The number of aromatic carboxylic acids is 1. The molecule has 0 aromatic heterocycles. The Labute approximate surface area is 168 Å². The molecule has 154 valence electrons. The summed E-state index contributed by atoms with van der Waals surface area (Å²) in [4.78, 5) is 23.6. The molecule has 1 N–H and O–H groups in total. The zero-order valence-electron chi connectivity index (χ0n) is 17.2. The van der Waals surface area contributed by atoms with Crippen LogP contribution >= 0.6 is 0 Å². The number of halogens is 2. The highest BCUT2D eigenvalue weighted by Gasteiger charge is 2.38. The van der Waals surface area contributed by atoms with Crippen LogP contribution in [-0.4, -0.2) is 23.5 Å². The van der Waals surface area contributed by atoms with Crippen molar-refractivity contribution in [3.05, 3.63) is 69.3 Å². The van der Waals surface area contributed by atoms with Crippen molar-refractivity contribution in [2.45, 2.75) is 52.1 Å². The smallest absolute Gasteiger partial charge is 0.341 e. The van der Waals surface area contributed by atoms with Crippen LogP contribution in [0.3, 0.4) is 0 Å². The Morgan fingerprint density at radius 3 is 2.17 bits per heavy atom. The number of Topliss-reactive ketones (excluding diaryl/α,β-unsaturated/α-hetero) is 1. The van der Waals surface area contributed by atoms with E-state index in [9.17, 15) is 18.4 Å². The normalized spacial score (nSPS) is 16.9. The van der Waals surface area contributed by atoms with Crippen molar-refractivity contribution in [3.63, 3.8) is 0 Å². The van der Waals surface area contributed by atoms with Crippen LogP contribution in [0.15, 0.2) is 24.3 Å². The Hall–Kier alpha value is -2.60. The van der Waals surface area contributed by atoms with Gasteiger partial charge >= 0.3 is 5.97 Å². The van der Waals surface area contributed by atoms with E-state index in [1.165, 1.54) is 0 Å². The minimum atomic E-state index is -1.71. The highest BCUT2D eigenvalue weighted by atomic mass is 19.1. The molecule has 0 aliphatic carbocycles. The van der Waals surface area contributed by atoms with Gasteiger partial charge in [-0.3, -0.25) is 4.79 Å². The first-order valence-corrected chi connectivity index (χ1v) is 9.37. The molecule has 0 unspecified atom stereocenters. The van der Waals surface area contributed by atoms with Gasteiger partial charge in [-0.25, -0.2) is 13.6 Å². The topological polar surface area (TPSA) is 63.6 Å². The van der Waals surface area contributed by atoms with E-state index in [0.29, 0.717) is 6.61 Å². The van der Waals surface area contributed by atoms with E-state index in [1.54, 1.807) is 0 Å². The molecule has 1 aliphatic heterocycles. The number of hydrogen-bond donors (Lipinski definition) is 1. The van der Waals surface area contributed by atoms with Crippen molar-refractivity contribution in [2.75, 3.05) is 6.61 Å². The molecule has 0 saturated carbocycles. The fourth-order valence-corrected chi connectivity index (χ4v) is 3.73. The molecule has 4 nitrogen and oxygen atoms in total. The summed E-state index contributed by atoms with van der Waals surface area (Å²) in [7, 11) is 0. The zero-order valence-corrected chi connectivity index (χ0v) is 17.2. The Morgan fingerprint density at radius 1 is 1.03 bits per heavy atom. The van der Waals surface area contributed by atoms with Crippen molar-refractivity contribution in [3.8, 4) is 0 Å². The molecule has 2 aromatic rings. The summed E-state index contributed by atoms with van der Waals surface area (Å²) in [5.74, 6) is -4.71. The number of ketones is 1. The first kappa shape index (κ1) is 21.1. The lowest BCUT2D eigenvalue weighted by Crippen LogP contribution is -2.40. The highest BCUT2D eigenvalue weighted by Crippen LogP contribution is 2.42. The van der Waals surface area contributed by atoms with Crippen molar-refractivity contribution in [2.24, 2.45) is 0 Å². The Kier molecular flexibility index (Phi) is 5.11. The van der Waals surface area contributed by atoms with Crippen LogP contribution in [0, 0.1) is 18.6 Å². The fraction of sp³-hybridized carbons (Fsp3) is 0.391. The summed E-state index contributed by atoms with van der Waals surface area (Å²) >= 11 is 0. The SMILES string of the molecule is Cc1cc2c(cc1CC(=O)c1cc(F)c(C(=O)O)c(F)c1)C(C)(C)COC2(C)C. The number of hydrogen-bond acceptors (Lipinski definition) is 3. The van der Waals surface area contributed by atoms with Gasteiger partial charge in [0.25, 0.3) is 0 Å². The van der Waals surface area contributed by atoms with Gasteiger partial charge in [-0.1, -0.05) is 26.0 Å². The number of carbonyl (C=O) groups excluding carboxylic acids is 1. The minimum absolute atomic E-state index is 0.0399. The molecule has 1 heterocycles. The summed E-state index contributed by atoms with van der Waals surface area (Å²) in [5.41, 5.74) is 1.86. The fourth-order valence-electron chi connectivity index (χ4n) is 3.73. The van der Waals surface area contributed by atoms with Gasteiger partial charge in [0.15, 0.2) is 5.78 Å². The molecule has 0 bridgehead atoms. The predicted molar refractivity (Wildman–Crippen MR) is 105 cm³/mol. The molecule has 6 heteroatoms. The van der Waals surface area contributed by atoms with Gasteiger partial charge in [0.2, 0.25) is 0 Å². The van der Waals surface area contributed by atoms with Crippen LogP contribution in [-0.2, 0) is 22.2 Å². The maximum absolute atomic E-state index is 14.0. The molecular formula is C23H24F2O4. The van der Waals surface area contributed by atoms with E-state index in [4.69, 9.17) is 9.84 Å². The lowest BCUT2D eigenvalue weighted by Gasteiger charge is -2.42. The van der Waals surface area contributed by atoms with E-state index in [-0.39, 0.29) is 17.4 Å². The molecule has 0 fully saturated rings. The predicted octanol–water partition coefficient (Wildman–Crippen LogP) is 4.94. The second-order valence-electron chi connectivity index (χ2n) is 8.73. The third-order valence-corrected chi connectivity index (χ3v) is 5.58. The lowest BCUT2D eigenvalue weighted by atomic mass is 9.74. The number of carboxylic acids is 1. The molecule has 0 amide bonds. The molecule has 0 saturated heterocycles. The molecule has 0 spiro atoms. The van der Waals surface area contributed by atoms with Crippen LogP contribution in [0.1, 0.15) is 70.7 Å². The van der Waals surface area contributed by atoms with E-state index < -0.39 is 34.6 Å². The number of fused-ring (bicyclic) bond motifs is 1. The van der Waals surface area contributed by atoms with Crippen LogP contribution in [0.2, 0.25) is 0 Å². The molecule has 0 atom stereocenters. The average molecular weight is 402 g/mol. The van der Waals surface area contributed by atoms with Gasteiger partial charge in [0, 0.05) is 17.4 Å². The second kappa shape index (κ2) is 7.02. The van der Waals surface area contributed by atoms with Gasteiger partial charge in [-0.15, -0.1) is 0 Å². The first-order chi connectivity index (χ1) is 13.3. The summed E-state index contributed by atoms with van der Waals surface area (Å²) in [5, 5.41) is 8.88. The quantitative estimate of drug-likeness (QED) is 0.736. The van der Waals surface area contributed by atoms with Crippen LogP contribution < -0.4 is 0 Å². The summed E-state index contributed by atoms with van der Waals surface area (Å²) in [6, 6.07) is 5.55. The first-order valence-electron chi connectivity index (χ1n) is 9.37. The molecule has 2 aromatic carbocycles. The van der Waals surface area contributed by atoms with Crippen molar-refractivity contribution < 1.29 is 28.2 Å². The highest BCUT2D eigenvalue weighted by molar-refractivity contribution is 5.99. The van der Waals surface area contributed by atoms with Gasteiger partial charge in [-0.2, -0.15) is 0 Å². The summed E-state index contributed by atoms with van der Waals surface area (Å²) < 4.78 is 33.9. The van der Waals surface area contributed by atoms with E-state index in [2.05, 4.69) is 13.8 Å². The van der Waals surface area contributed by atoms with Crippen LogP contribution in [0.25, 0.3) is 0 Å². The van der Waals surface area contributed by atoms with E-state index >= 15 is 0 Å². The average Bonchev–Trinajstić information content (AvgIpc) is 2.59. The Balaban J connectivity index is 1.99. The number of carbonyl (C=O) groups is 2. The molecule has 3 rings (SSSR count). The maximum atomic E-state index is 14.0. The molecule has 1 aliphatic rings. The second-order valence-corrected chi connectivity index (χ2v) is 8.73. The number of ether oxygens (including phenoxy) is 1. The maximum Gasteiger partial charge on any atom is 0.341 e. The Morgan fingerprint density at radius 2 is 1.62 bits per heavy atom. The minimum Gasteiger partial charge on any atom is -0.477 e. The number of carboxylic acid groups (broad SMARTS) is 1. The van der Waals surface area contributed by atoms with Crippen molar-refractivity contribution in [1.82, 2.24) is 0 Å². The third kappa shape index (κ3) is 3.81. The van der Waals surface area contributed by atoms with Gasteiger partial charge < -0.3 is 9.84 Å². The van der Waals surface area contributed by atoms with E-state index in [1.807, 2.05) is 32.9 Å². The molecular weight excluding hydrogens is 378 g/mol. The van der Waals surface area contributed by atoms with Crippen LogP contribution in [0.4, 0.5) is 8.78 Å². The van der Waals surface area contributed by atoms with Gasteiger partial charge in [0.05, 0.1) is 12.2 Å². The van der Waals surface area contributed by atoms with E-state index in [0.717, 1.165) is 34.4 Å². The monoisotopic (exact) mass is 402 g/mol. The van der Waals surface area contributed by atoms with Crippen molar-refractivity contribution in [1.29, 1.82) is 0 Å². The number of rotatable bonds is 4. The largest absolute Gasteiger partial charge is 0.477 e. The third-order valence-electron chi connectivity index (χ3n) is 5.58. The van der Waals surface area contributed by atoms with Crippen molar-refractivity contribution >= 4 is 11.8 Å². The summed E-state index contributed by atoms with van der Waals surface area (Å²) in [6.07, 6.45) is -0.0399. The van der Waals surface area contributed by atoms with Gasteiger partial charge in [-0.05, 0) is 55.2 Å². The van der Waals surface area contributed by atoms with Crippen LogP contribution in [0.5, 0.6) is 0 Å². The standard InChI is InChI=1S/C23H24F2O4/c1-12-6-16-15(22(2,3)11-29-23(16,4)5)7-13(12)10-19(26)14-8-17(24)20(21(27)28)18(25)9-14/h6-9H,10-11H2,1-5H3,(H,27,28). The van der Waals surface area contributed by atoms with Gasteiger partial charge in [0.1, 0.15) is 17.2 Å². The Bertz CT molecular complexity index is 999. The summed E-state index contributed by atoms with van der Waals surface area (Å²) in [6.45, 7) is 10.6. The molecule has 29 heavy (non-hydrogen) atoms. The number of aryl methyl sites for hydroxylation is 1.